The number of nitrogens with one attached hydrogen (secondary N) is 2. The molecule has 96 valence electrons. The monoisotopic (exact) mass is 255 g/mol. The Morgan fingerprint density at radius 3 is 2.82 bits per heavy atom. The van der Waals surface area contributed by atoms with E-state index < -0.39 is 0 Å². The van der Waals surface area contributed by atoms with E-state index in [9.17, 15) is 4.79 Å². The average Bonchev–Trinajstić information content (AvgIpc) is 2.14. The van der Waals surface area contributed by atoms with Gasteiger partial charge in [0.1, 0.15) is 0 Å². The molecule has 0 aliphatic heterocycles. The molecule has 2 unspecified atom stereocenters. The Morgan fingerprint density at radius 2 is 2.24 bits per heavy atom. The van der Waals surface area contributed by atoms with Gasteiger partial charge in [-0.25, -0.2) is 4.98 Å². The van der Waals surface area contributed by atoms with E-state index in [-0.39, 0.29) is 5.56 Å². The maximum absolute atomic E-state index is 11.3. The number of thioether (sulfide) groups is 1. The van der Waals surface area contributed by atoms with Crippen molar-refractivity contribution in [2.75, 3.05) is 6.54 Å². The highest BCUT2D eigenvalue weighted by Gasteiger charge is 2.10. The fraction of sp³-hybridized carbons (Fsp3) is 0.667. The second-order valence-electron chi connectivity index (χ2n) is 4.31. The summed E-state index contributed by atoms with van der Waals surface area (Å²) < 4.78 is 0. The number of hydrogen-bond acceptors (Lipinski definition) is 4. The van der Waals surface area contributed by atoms with Gasteiger partial charge in [-0.15, -0.1) is 0 Å². The number of aryl methyl sites for hydroxylation is 1. The summed E-state index contributed by atoms with van der Waals surface area (Å²) in [4.78, 5) is 18.4. The van der Waals surface area contributed by atoms with Crippen LogP contribution in [-0.2, 0) is 0 Å². The normalized spacial score (nSPS) is 14.6. The van der Waals surface area contributed by atoms with Crippen LogP contribution in [0.2, 0.25) is 0 Å². The van der Waals surface area contributed by atoms with Gasteiger partial charge in [0.15, 0.2) is 5.16 Å². The van der Waals surface area contributed by atoms with E-state index in [0.29, 0.717) is 16.4 Å². The van der Waals surface area contributed by atoms with E-state index >= 15 is 0 Å². The Morgan fingerprint density at radius 1 is 1.53 bits per heavy atom. The fourth-order valence-electron chi connectivity index (χ4n) is 1.78. The van der Waals surface area contributed by atoms with Gasteiger partial charge >= 0.3 is 0 Å². The fourth-order valence-corrected chi connectivity index (χ4v) is 2.90. The zero-order valence-electron chi connectivity index (χ0n) is 10.9. The molecule has 2 atom stereocenters. The van der Waals surface area contributed by atoms with Crippen molar-refractivity contribution in [3.63, 3.8) is 0 Å². The van der Waals surface area contributed by atoms with Crippen molar-refractivity contribution in [2.24, 2.45) is 0 Å². The molecule has 0 saturated heterocycles. The molecule has 0 saturated carbocycles. The first-order chi connectivity index (χ1) is 8.01. The maximum atomic E-state index is 11.3. The SMILES string of the molecule is CCNC(C)CC(C)Sc1nc(C)cc(=O)[nH]1. The molecule has 1 aromatic heterocycles. The van der Waals surface area contributed by atoms with Crippen LogP contribution in [0.4, 0.5) is 0 Å². The molecule has 0 aromatic carbocycles. The van der Waals surface area contributed by atoms with Gasteiger partial charge in [-0.1, -0.05) is 25.6 Å². The molecule has 17 heavy (non-hydrogen) atoms. The zero-order valence-corrected chi connectivity index (χ0v) is 11.7. The summed E-state index contributed by atoms with van der Waals surface area (Å²) >= 11 is 1.62. The van der Waals surface area contributed by atoms with Gasteiger partial charge < -0.3 is 10.3 Å². The van der Waals surface area contributed by atoms with Crippen molar-refractivity contribution in [2.45, 2.75) is 50.6 Å². The molecule has 0 fully saturated rings. The third-order valence-electron chi connectivity index (χ3n) is 2.40. The van der Waals surface area contributed by atoms with Gasteiger partial charge in [0.2, 0.25) is 0 Å². The van der Waals surface area contributed by atoms with Crippen LogP contribution >= 0.6 is 11.8 Å². The molecule has 2 N–H and O–H groups in total. The van der Waals surface area contributed by atoms with Crippen LogP contribution in [0.15, 0.2) is 16.0 Å². The Labute approximate surface area is 107 Å². The summed E-state index contributed by atoms with van der Waals surface area (Å²) in [5.74, 6) is 0. The van der Waals surface area contributed by atoms with Gasteiger partial charge in [0.25, 0.3) is 5.56 Å². The maximum Gasteiger partial charge on any atom is 0.251 e. The van der Waals surface area contributed by atoms with Crippen molar-refractivity contribution in [3.8, 4) is 0 Å². The molecular formula is C12H21N3OS. The molecule has 0 spiro atoms. The zero-order chi connectivity index (χ0) is 12.8. The number of aromatic nitrogens is 2. The average molecular weight is 255 g/mol. The van der Waals surface area contributed by atoms with Crippen molar-refractivity contribution >= 4 is 11.8 Å². The number of H-pyrrole nitrogens is 1. The summed E-state index contributed by atoms with van der Waals surface area (Å²) in [6.07, 6.45) is 1.05. The van der Waals surface area contributed by atoms with Gasteiger partial charge in [-0.3, -0.25) is 4.79 Å². The summed E-state index contributed by atoms with van der Waals surface area (Å²) in [6, 6.07) is 2.00. The van der Waals surface area contributed by atoms with Crippen LogP contribution in [0.3, 0.4) is 0 Å². The highest BCUT2D eigenvalue weighted by atomic mass is 32.2. The van der Waals surface area contributed by atoms with E-state index in [4.69, 9.17) is 0 Å². The summed E-state index contributed by atoms with van der Waals surface area (Å²) in [6.45, 7) is 9.25. The Balaban J connectivity index is 2.55. The molecule has 0 aliphatic carbocycles. The molecular weight excluding hydrogens is 234 g/mol. The molecule has 5 heteroatoms. The van der Waals surface area contributed by atoms with E-state index in [1.165, 1.54) is 6.07 Å². The van der Waals surface area contributed by atoms with Crippen LogP contribution in [-0.4, -0.2) is 27.8 Å². The predicted octanol–water partition coefficient (Wildman–Crippen LogP) is 1.95. The highest BCUT2D eigenvalue weighted by molar-refractivity contribution is 7.99. The molecule has 1 rings (SSSR count). The lowest BCUT2D eigenvalue weighted by atomic mass is 10.2. The third-order valence-corrected chi connectivity index (χ3v) is 3.41. The van der Waals surface area contributed by atoms with Crippen molar-refractivity contribution in [1.29, 1.82) is 0 Å². The Hall–Kier alpha value is -0.810. The topological polar surface area (TPSA) is 57.8 Å². The van der Waals surface area contributed by atoms with Crippen LogP contribution in [0.5, 0.6) is 0 Å². The molecule has 0 aliphatic rings. The second kappa shape index (κ2) is 6.81. The van der Waals surface area contributed by atoms with Crippen LogP contribution in [0, 0.1) is 6.92 Å². The molecule has 1 heterocycles. The minimum absolute atomic E-state index is 0.0769. The number of hydrogen-bond donors (Lipinski definition) is 2. The van der Waals surface area contributed by atoms with Crippen molar-refractivity contribution in [3.05, 3.63) is 22.1 Å². The summed E-state index contributed by atoms with van der Waals surface area (Å²) in [5, 5.41) is 4.52. The highest BCUT2D eigenvalue weighted by Crippen LogP contribution is 2.21. The van der Waals surface area contributed by atoms with Crippen molar-refractivity contribution < 1.29 is 0 Å². The van der Waals surface area contributed by atoms with Gasteiger partial charge in [0, 0.05) is 23.1 Å². The van der Waals surface area contributed by atoms with E-state index in [0.717, 1.165) is 18.7 Å². The molecule has 0 amide bonds. The lowest BCUT2D eigenvalue weighted by molar-refractivity contribution is 0.529. The Kier molecular flexibility index (Phi) is 5.71. The third kappa shape index (κ3) is 5.37. The lowest BCUT2D eigenvalue weighted by Crippen LogP contribution is -2.28. The Bertz CT molecular complexity index is 405. The van der Waals surface area contributed by atoms with Crippen LogP contribution in [0.25, 0.3) is 0 Å². The molecule has 0 bridgehead atoms. The quantitative estimate of drug-likeness (QED) is 0.602. The first-order valence-corrected chi connectivity index (χ1v) is 6.87. The van der Waals surface area contributed by atoms with Crippen LogP contribution in [0.1, 0.15) is 32.9 Å². The first kappa shape index (κ1) is 14.3. The standard InChI is InChI=1S/C12H21N3OS/c1-5-13-8(2)6-10(4)17-12-14-9(3)7-11(16)15-12/h7-8,10,13H,5-6H2,1-4H3,(H,14,15,16). The van der Waals surface area contributed by atoms with Gasteiger partial charge in [-0.05, 0) is 26.8 Å². The minimum Gasteiger partial charge on any atom is -0.314 e. The van der Waals surface area contributed by atoms with E-state index in [2.05, 4.69) is 36.1 Å². The number of nitrogens with zero attached hydrogens (tertiary/aromatic N) is 1. The van der Waals surface area contributed by atoms with Crippen molar-refractivity contribution in [1.82, 2.24) is 15.3 Å². The van der Waals surface area contributed by atoms with E-state index in [1.807, 2.05) is 6.92 Å². The van der Waals surface area contributed by atoms with Crippen LogP contribution < -0.4 is 10.9 Å². The van der Waals surface area contributed by atoms with Gasteiger partial charge in [0.05, 0.1) is 0 Å². The first-order valence-electron chi connectivity index (χ1n) is 5.99. The summed E-state index contributed by atoms with van der Waals surface area (Å²) in [5.41, 5.74) is 0.690. The molecule has 4 nitrogen and oxygen atoms in total. The largest absolute Gasteiger partial charge is 0.314 e. The number of rotatable bonds is 6. The second-order valence-corrected chi connectivity index (χ2v) is 5.74. The lowest BCUT2D eigenvalue weighted by Gasteiger charge is -2.16. The molecule has 0 radical (unpaired) electrons. The molecule has 1 aromatic rings. The van der Waals surface area contributed by atoms with E-state index in [1.54, 1.807) is 11.8 Å². The number of aromatic amines is 1. The van der Waals surface area contributed by atoms with Gasteiger partial charge in [-0.2, -0.15) is 0 Å². The smallest absolute Gasteiger partial charge is 0.251 e. The summed E-state index contributed by atoms with van der Waals surface area (Å²) in [7, 11) is 0. The minimum atomic E-state index is -0.0769. The predicted molar refractivity (Wildman–Crippen MR) is 72.7 cm³/mol.